The summed E-state index contributed by atoms with van der Waals surface area (Å²) in [5.41, 5.74) is 7.57. The van der Waals surface area contributed by atoms with Gasteiger partial charge in [0.1, 0.15) is 10.8 Å². The van der Waals surface area contributed by atoms with E-state index in [1.54, 1.807) is 24.3 Å². The Bertz CT molecular complexity index is 794. The largest absolute Gasteiger partial charge is 0.491 e. The fraction of sp³-hybridized carbons (Fsp3) is 0.368. The number of carbonyl (C=O) groups is 2. The summed E-state index contributed by atoms with van der Waals surface area (Å²) in [7, 11) is 0. The van der Waals surface area contributed by atoms with Crippen molar-refractivity contribution in [3.8, 4) is 5.75 Å². The molecule has 1 heterocycles. The molecule has 6 heteroatoms. The molecular weight excluding hydrogens is 336 g/mol. The van der Waals surface area contributed by atoms with Gasteiger partial charge in [-0.2, -0.15) is 0 Å². The monoisotopic (exact) mass is 358 g/mol. The van der Waals surface area contributed by atoms with Crippen molar-refractivity contribution in [1.29, 1.82) is 0 Å². The smallest absolute Gasteiger partial charge is 0.256 e. The highest BCUT2D eigenvalue weighted by atomic mass is 32.1. The first-order valence-electron chi connectivity index (χ1n) is 8.48. The second-order valence-corrected chi connectivity index (χ2v) is 7.53. The minimum atomic E-state index is -0.476. The van der Waals surface area contributed by atoms with E-state index in [1.807, 2.05) is 13.8 Å². The Kier molecular flexibility index (Phi) is 5.08. The number of rotatable bonds is 5. The minimum Gasteiger partial charge on any atom is -0.491 e. The molecule has 2 aromatic rings. The number of fused-ring (bicyclic) bond motifs is 1. The lowest BCUT2D eigenvalue weighted by atomic mass is 9.95. The number of aryl methyl sites for hydroxylation is 1. The molecule has 132 valence electrons. The number of anilines is 1. The summed E-state index contributed by atoms with van der Waals surface area (Å²) in [4.78, 5) is 25.6. The van der Waals surface area contributed by atoms with Gasteiger partial charge in [0.05, 0.1) is 11.7 Å². The first-order chi connectivity index (χ1) is 12.0. The summed E-state index contributed by atoms with van der Waals surface area (Å²) in [5, 5.41) is 3.43. The Morgan fingerprint density at radius 2 is 1.84 bits per heavy atom. The van der Waals surface area contributed by atoms with Crippen LogP contribution >= 0.6 is 11.3 Å². The zero-order valence-electron chi connectivity index (χ0n) is 14.4. The van der Waals surface area contributed by atoms with Crippen molar-refractivity contribution >= 4 is 28.2 Å². The first-order valence-corrected chi connectivity index (χ1v) is 9.29. The normalized spacial score (nSPS) is 13.4. The van der Waals surface area contributed by atoms with E-state index in [-0.39, 0.29) is 12.0 Å². The number of carbonyl (C=O) groups excluding carboxylic acids is 2. The molecule has 0 saturated heterocycles. The molecule has 1 aromatic heterocycles. The minimum absolute atomic E-state index is 0.0789. The van der Waals surface area contributed by atoms with Gasteiger partial charge >= 0.3 is 0 Å². The van der Waals surface area contributed by atoms with Gasteiger partial charge in [-0.1, -0.05) is 0 Å². The predicted octanol–water partition coefficient (Wildman–Crippen LogP) is 3.77. The van der Waals surface area contributed by atoms with Crippen LogP contribution in [0.1, 0.15) is 57.8 Å². The van der Waals surface area contributed by atoms with Crippen LogP contribution < -0.4 is 15.8 Å². The average Bonchev–Trinajstić information content (AvgIpc) is 2.92. The number of nitrogens with two attached hydrogens (primary N) is 1. The van der Waals surface area contributed by atoms with Crippen LogP contribution in [0.4, 0.5) is 5.00 Å². The number of nitrogens with one attached hydrogen (secondary N) is 1. The van der Waals surface area contributed by atoms with E-state index >= 15 is 0 Å². The van der Waals surface area contributed by atoms with Gasteiger partial charge in [0, 0.05) is 10.4 Å². The van der Waals surface area contributed by atoms with Crippen LogP contribution in [0.15, 0.2) is 24.3 Å². The maximum Gasteiger partial charge on any atom is 0.256 e. The second kappa shape index (κ2) is 7.27. The molecule has 0 fully saturated rings. The van der Waals surface area contributed by atoms with E-state index in [0.717, 1.165) is 41.9 Å². The average molecular weight is 358 g/mol. The van der Waals surface area contributed by atoms with Crippen molar-refractivity contribution in [3.05, 3.63) is 45.8 Å². The van der Waals surface area contributed by atoms with Crippen molar-refractivity contribution in [2.24, 2.45) is 5.73 Å². The molecule has 1 aliphatic carbocycles. The van der Waals surface area contributed by atoms with Gasteiger partial charge in [0.15, 0.2) is 0 Å². The zero-order chi connectivity index (χ0) is 18.0. The number of hydrogen-bond donors (Lipinski definition) is 2. The third-order valence-corrected chi connectivity index (χ3v) is 5.34. The van der Waals surface area contributed by atoms with Crippen molar-refractivity contribution in [2.75, 3.05) is 5.32 Å². The highest BCUT2D eigenvalue weighted by molar-refractivity contribution is 7.17. The molecule has 0 radical (unpaired) electrons. The molecule has 0 unspecified atom stereocenters. The highest BCUT2D eigenvalue weighted by Gasteiger charge is 2.25. The van der Waals surface area contributed by atoms with Gasteiger partial charge in [-0.05, 0) is 69.4 Å². The maximum atomic E-state index is 12.5. The van der Waals surface area contributed by atoms with Crippen molar-refractivity contribution < 1.29 is 14.3 Å². The third kappa shape index (κ3) is 3.85. The molecule has 0 aliphatic heterocycles. The van der Waals surface area contributed by atoms with Crippen LogP contribution in [0.2, 0.25) is 0 Å². The lowest BCUT2D eigenvalue weighted by Gasteiger charge is -2.11. The molecule has 25 heavy (non-hydrogen) atoms. The van der Waals surface area contributed by atoms with Gasteiger partial charge in [-0.25, -0.2) is 0 Å². The van der Waals surface area contributed by atoms with E-state index in [1.165, 1.54) is 11.3 Å². The first kappa shape index (κ1) is 17.5. The van der Waals surface area contributed by atoms with E-state index in [0.29, 0.717) is 16.1 Å². The number of ether oxygens (including phenoxy) is 1. The van der Waals surface area contributed by atoms with Gasteiger partial charge in [-0.3, -0.25) is 9.59 Å². The Morgan fingerprint density at radius 1 is 1.16 bits per heavy atom. The lowest BCUT2D eigenvalue weighted by Crippen LogP contribution is -2.18. The number of amides is 2. The molecule has 1 aromatic carbocycles. The molecule has 1 aliphatic rings. The predicted molar refractivity (Wildman–Crippen MR) is 99.6 cm³/mol. The fourth-order valence-corrected chi connectivity index (χ4v) is 4.34. The molecular formula is C19H22N2O3S. The van der Waals surface area contributed by atoms with Gasteiger partial charge in [0.25, 0.3) is 11.8 Å². The number of hydrogen-bond acceptors (Lipinski definition) is 4. The van der Waals surface area contributed by atoms with Gasteiger partial charge in [-0.15, -0.1) is 11.3 Å². The standard InChI is InChI=1S/C19H22N2O3S/c1-11(2)24-13-9-7-12(8-10-13)18(23)21-19-16(17(20)22)14-5-3-4-6-15(14)25-19/h7-11H,3-6H2,1-2H3,(H2,20,22)(H,21,23). The van der Waals surface area contributed by atoms with E-state index in [9.17, 15) is 9.59 Å². The summed E-state index contributed by atoms with van der Waals surface area (Å²) < 4.78 is 5.58. The summed E-state index contributed by atoms with van der Waals surface area (Å²) in [5.74, 6) is -0.0106. The molecule has 3 N–H and O–H groups in total. The quantitative estimate of drug-likeness (QED) is 0.854. The van der Waals surface area contributed by atoms with Crippen molar-refractivity contribution in [2.45, 2.75) is 45.6 Å². The Hall–Kier alpha value is -2.34. The lowest BCUT2D eigenvalue weighted by molar-refractivity contribution is 0.100. The molecule has 0 atom stereocenters. The summed E-state index contributed by atoms with van der Waals surface area (Å²) >= 11 is 1.47. The Balaban J connectivity index is 1.81. The number of benzene rings is 1. The molecule has 0 spiro atoms. The summed E-state index contributed by atoms with van der Waals surface area (Å²) in [6.45, 7) is 3.90. The fourth-order valence-electron chi connectivity index (χ4n) is 3.05. The Morgan fingerprint density at radius 3 is 2.48 bits per heavy atom. The molecule has 2 amide bonds. The van der Waals surface area contributed by atoms with Crippen molar-refractivity contribution in [1.82, 2.24) is 0 Å². The van der Waals surface area contributed by atoms with E-state index in [2.05, 4.69) is 5.32 Å². The van der Waals surface area contributed by atoms with Crippen LogP contribution in [0.25, 0.3) is 0 Å². The Labute approximate surface area is 151 Å². The maximum absolute atomic E-state index is 12.5. The van der Waals surface area contributed by atoms with E-state index < -0.39 is 5.91 Å². The zero-order valence-corrected chi connectivity index (χ0v) is 15.2. The van der Waals surface area contributed by atoms with Crippen LogP contribution in [-0.2, 0) is 12.8 Å². The van der Waals surface area contributed by atoms with E-state index in [4.69, 9.17) is 10.5 Å². The molecule has 0 bridgehead atoms. The molecule has 5 nitrogen and oxygen atoms in total. The molecule has 3 rings (SSSR count). The van der Waals surface area contributed by atoms with Crippen molar-refractivity contribution in [3.63, 3.8) is 0 Å². The van der Waals surface area contributed by atoms with Crippen LogP contribution in [0, 0.1) is 0 Å². The summed E-state index contributed by atoms with van der Waals surface area (Å²) in [6.07, 6.45) is 4.03. The number of thiophene rings is 1. The van der Waals surface area contributed by atoms with Crippen LogP contribution in [-0.4, -0.2) is 17.9 Å². The second-order valence-electron chi connectivity index (χ2n) is 6.42. The SMILES string of the molecule is CC(C)Oc1ccc(C(=O)Nc2sc3c(c2C(N)=O)CCCC3)cc1. The molecule has 0 saturated carbocycles. The summed E-state index contributed by atoms with van der Waals surface area (Å²) in [6, 6.07) is 6.96. The van der Waals surface area contributed by atoms with Gasteiger partial charge < -0.3 is 15.8 Å². The third-order valence-electron chi connectivity index (χ3n) is 4.13. The van der Waals surface area contributed by atoms with Crippen LogP contribution in [0.3, 0.4) is 0 Å². The highest BCUT2D eigenvalue weighted by Crippen LogP contribution is 2.38. The van der Waals surface area contributed by atoms with Crippen LogP contribution in [0.5, 0.6) is 5.75 Å². The van der Waals surface area contributed by atoms with Gasteiger partial charge in [0.2, 0.25) is 0 Å². The topological polar surface area (TPSA) is 81.4 Å². The number of primary amides is 1.